The number of nitrogens with zero attached hydrogens (tertiary/aromatic N) is 4. The van der Waals surface area contributed by atoms with E-state index in [2.05, 4.69) is 41.9 Å². The highest BCUT2D eigenvalue weighted by Crippen LogP contribution is 2.28. The molecule has 96 valence electrons. The molecule has 19 heavy (non-hydrogen) atoms. The summed E-state index contributed by atoms with van der Waals surface area (Å²) in [5, 5.41) is 24.4. The number of hydrogen-bond donors (Lipinski definition) is 2. The molecule has 0 aliphatic carbocycles. The molecule has 1 aromatic heterocycles. The zero-order valence-corrected chi connectivity index (χ0v) is 11.5. The van der Waals surface area contributed by atoms with E-state index in [-0.39, 0.29) is 22.1 Å². The number of nitrogens with one attached hydrogen (secondary N) is 2. The second kappa shape index (κ2) is 5.77. The van der Waals surface area contributed by atoms with E-state index >= 15 is 0 Å². The Morgan fingerprint density at radius 2 is 2.37 bits per heavy atom. The first-order valence-electron chi connectivity index (χ1n) is 4.87. The quantitative estimate of drug-likeness (QED) is 0.660. The van der Waals surface area contributed by atoms with Crippen molar-refractivity contribution in [2.24, 2.45) is 0 Å². The van der Waals surface area contributed by atoms with Crippen LogP contribution in [0.3, 0.4) is 0 Å². The van der Waals surface area contributed by atoms with Crippen LogP contribution in [0.25, 0.3) is 5.57 Å². The summed E-state index contributed by atoms with van der Waals surface area (Å²) in [5.41, 5.74) is 0.222. The minimum atomic E-state index is -0.619. The summed E-state index contributed by atoms with van der Waals surface area (Å²) >= 11 is 8.89. The van der Waals surface area contributed by atoms with Gasteiger partial charge < -0.3 is 5.32 Å². The van der Waals surface area contributed by atoms with E-state index in [9.17, 15) is 4.39 Å². The fourth-order valence-corrected chi connectivity index (χ4v) is 2.04. The number of halogens is 3. The number of anilines is 1. The van der Waals surface area contributed by atoms with Gasteiger partial charge in [0, 0.05) is 10.7 Å². The van der Waals surface area contributed by atoms with Crippen molar-refractivity contribution >= 4 is 38.8 Å². The van der Waals surface area contributed by atoms with Gasteiger partial charge in [0.2, 0.25) is 5.82 Å². The number of allylic oxidation sites excluding steroid dienone is 1. The molecular formula is C10H5BrClFN6. The summed E-state index contributed by atoms with van der Waals surface area (Å²) in [6, 6.07) is 4.79. The number of hydrogen-bond acceptors (Lipinski definition) is 5. The van der Waals surface area contributed by atoms with Crippen LogP contribution in [0, 0.1) is 17.1 Å². The van der Waals surface area contributed by atoms with Crippen molar-refractivity contribution in [3.63, 3.8) is 0 Å². The highest BCUT2D eigenvalue weighted by atomic mass is 79.9. The van der Waals surface area contributed by atoms with Crippen molar-refractivity contribution < 1.29 is 4.39 Å². The van der Waals surface area contributed by atoms with Gasteiger partial charge in [-0.1, -0.05) is 27.5 Å². The number of benzene rings is 1. The zero-order chi connectivity index (χ0) is 13.8. The average Bonchev–Trinajstić information content (AvgIpc) is 2.89. The lowest BCUT2D eigenvalue weighted by Crippen LogP contribution is -1.96. The summed E-state index contributed by atoms with van der Waals surface area (Å²) < 4.78 is 14.3. The normalized spacial score (nSPS) is 11.2. The number of aromatic amines is 1. The average molecular weight is 344 g/mol. The first kappa shape index (κ1) is 13.5. The zero-order valence-electron chi connectivity index (χ0n) is 9.15. The molecule has 0 atom stereocenters. The first-order chi connectivity index (χ1) is 9.11. The molecule has 0 bridgehead atoms. The molecule has 2 rings (SSSR count). The van der Waals surface area contributed by atoms with Crippen LogP contribution in [-0.4, -0.2) is 20.6 Å². The topological polar surface area (TPSA) is 90.3 Å². The van der Waals surface area contributed by atoms with Crippen LogP contribution in [-0.2, 0) is 0 Å². The highest BCUT2D eigenvalue weighted by Gasteiger charge is 2.09. The number of aromatic nitrogens is 4. The maximum atomic E-state index is 13.7. The van der Waals surface area contributed by atoms with Crippen LogP contribution >= 0.6 is 27.5 Å². The SMILES string of the molecule is N#CC(=CNc1cc(Br)cc(Cl)c1F)c1nn[nH]n1. The Kier molecular flexibility index (Phi) is 4.09. The third-order valence-electron chi connectivity index (χ3n) is 2.07. The van der Waals surface area contributed by atoms with Crippen molar-refractivity contribution in [2.45, 2.75) is 0 Å². The van der Waals surface area contributed by atoms with Gasteiger partial charge in [0.05, 0.1) is 10.7 Å². The predicted octanol–water partition coefficient (Wildman–Crippen LogP) is 2.73. The molecule has 0 spiro atoms. The largest absolute Gasteiger partial charge is 0.358 e. The van der Waals surface area contributed by atoms with Gasteiger partial charge in [0.1, 0.15) is 11.6 Å². The van der Waals surface area contributed by atoms with Gasteiger partial charge in [-0.15, -0.1) is 10.2 Å². The van der Waals surface area contributed by atoms with Crippen molar-refractivity contribution in [3.05, 3.63) is 39.5 Å². The van der Waals surface area contributed by atoms with Crippen LogP contribution in [0.15, 0.2) is 22.8 Å². The third-order valence-corrected chi connectivity index (χ3v) is 2.80. The number of rotatable bonds is 3. The van der Waals surface area contributed by atoms with Gasteiger partial charge in [0.25, 0.3) is 0 Å². The fraction of sp³-hybridized carbons (Fsp3) is 0. The summed E-state index contributed by atoms with van der Waals surface area (Å²) in [6.45, 7) is 0. The van der Waals surface area contributed by atoms with Gasteiger partial charge in [-0.05, 0) is 17.3 Å². The van der Waals surface area contributed by atoms with Gasteiger partial charge in [-0.3, -0.25) is 0 Å². The third kappa shape index (κ3) is 3.07. The summed E-state index contributed by atoms with van der Waals surface area (Å²) in [7, 11) is 0. The van der Waals surface area contributed by atoms with Gasteiger partial charge >= 0.3 is 0 Å². The molecule has 0 radical (unpaired) electrons. The highest BCUT2D eigenvalue weighted by molar-refractivity contribution is 9.10. The second-order valence-electron chi connectivity index (χ2n) is 3.30. The number of tetrazole rings is 1. The molecule has 2 N–H and O–H groups in total. The number of nitriles is 1. The van der Waals surface area contributed by atoms with Crippen LogP contribution in [0.5, 0.6) is 0 Å². The lowest BCUT2D eigenvalue weighted by molar-refractivity contribution is 0.632. The Balaban J connectivity index is 2.30. The Morgan fingerprint density at radius 1 is 1.58 bits per heavy atom. The van der Waals surface area contributed by atoms with Crippen molar-refractivity contribution in [1.82, 2.24) is 20.6 Å². The summed E-state index contributed by atoms with van der Waals surface area (Å²) in [4.78, 5) is 0. The van der Waals surface area contributed by atoms with Crippen molar-refractivity contribution in [3.8, 4) is 6.07 Å². The minimum Gasteiger partial charge on any atom is -0.358 e. The monoisotopic (exact) mass is 342 g/mol. The Hall–Kier alpha value is -1.98. The molecule has 0 amide bonds. The smallest absolute Gasteiger partial charge is 0.216 e. The van der Waals surface area contributed by atoms with E-state index in [4.69, 9.17) is 16.9 Å². The Morgan fingerprint density at radius 3 is 3.00 bits per heavy atom. The van der Waals surface area contributed by atoms with E-state index in [1.54, 1.807) is 0 Å². The molecule has 0 aliphatic heterocycles. The first-order valence-corrected chi connectivity index (χ1v) is 6.04. The molecule has 0 saturated carbocycles. The van der Waals surface area contributed by atoms with E-state index in [1.807, 2.05) is 6.07 Å². The maximum Gasteiger partial charge on any atom is 0.216 e. The molecule has 0 aliphatic rings. The van der Waals surface area contributed by atoms with Gasteiger partial charge in [-0.25, -0.2) is 4.39 Å². The fourth-order valence-electron chi connectivity index (χ4n) is 1.23. The second-order valence-corrected chi connectivity index (χ2v) is 4.62. The van der Waals surface area contributed by atoms with Crippen LogP contribution < -0.4 is 5.32 Å². The Bertz CT molecular complexity index is 663. The molecule has 0 fully saturated rings. The summed E-state index contributed by atoms with van der Waals surface area (Å²) in [5.74, 6) is -0.511. The molecule has 9 heteroatoms. The molecule has 0 unspecified atom stereocenters. The molecule has 0 saturated heterocycles. The standard InChI is InChI=1S/C10H5BrClFN6/c11-6-1-7(12)9(13)8(2-6)15-4-5(3-14)10-16-18-19-17-10/h1-2,4,15H,(H,16,17,18,19). The van der Waals surface area contributed by atoms with E-state index in [0.717, 1.165) is 0 Å². The lowest BCUT2D eigenvalue weighted by Gasteiger charge is -2.05. The molecular weight excluding hydrogens is 339 g/mol. The van der Waals surface area contributed by atoms with Crippen molar-refractivity contribution in [2.75, 3.05) is 5.32 Å². The lowest BCUT2D eigenvalue weighted by atomic mass is 10.3. The molecule has 2 aromatic rings. The number of H-pyrrole nitrogens is 1. The molecule has 1 aromatic carbocycles. The van der Waals surface area contributed by atoms with Crippen LogP contribution in [0.1, 0.15) is 5.82 Å². The molecule has 6 nitrogen and oxygen atoms in total. The van der Waals surface area contributed by atoms with Gasteiger partial charge in [0.15, 0.2) is 5.82 Å². The maximum absolute atomic E-state index is 13.7. The molecule has 1 heterocycles. The predicted molar refractivity (Wildman–Crippen MR) is 70.5 cm³/mol. The minimum absolute atomic E-state index is 0.0386. The van der Waals surface area contributed by atoms with E-state index in [1.165, 1.54) is 18.3 Å². The summed E-state index contributed by atoms with van der Waals surface area (Å²) in [6.07, 6.45) is 1.27. The van der Waals surface area contributed by atoms with E-state index in [0.29, 0.717) is 4.47 Å². The Labute approximate surface area is 120 Å². The van der Waals surface area contributed by atoms with Crippen LogP contribution in [0.2, 0.25) is 5.02 Å². The van der Waals surface area contributed by atoms with E-state index < -0.39 is 5.82 Å². The van der Waals surface area contributed by atoms with Crippen molar-refractivity contribution in [1.29, 1.82) is 5.26 Å². The van der Waals surface area contributed by atoms with Gasteiger partial charge in [-0.2, -0.15) is 10.5 Å². The van der Waals surface area contributed by atoms with Crippen LogP contribution in [0.4, 0.5) is 10.1 Å².